The van der Waals surface area contributed by atoms with E-state index in [1.54, 1.807) is 0 Å². The van der Waals surface area contributed by atoms with Gasteiger partial charge in [-0.1, -0.05) is 18.2 Å². The Morgan fingerprint density at radius 2 is 1.79 bits per heavy atom. The number of alkyl halides is 3. The van der Waals surface area contributed by atoms with Gasteiger partial charge in [0.05, 0.1) is 6.54 Å². The summed E-state index contributed by atoms with van der Waals surface area (Å²) in [6.07, 6.45) is -4.55. The summed E-state index contributed by atoms with van der Waals surface area (Å²) in [6, 6.07) is 9.22. The summed E-state index contributed by atoms with van der Waals surface area (Å²) >= 11 is 0. The SMILES string of the molecule is O=C(CNc1ccccc1)NCCCCC(F)(F)F. The molecule has 0 spiro atoms. The Balaban J connectivity index is 2.06. The molecule has 3 nitrogen and oxygen atoms in total. The van der Waals surface area contributed by atoms with Crippen molar-refractivity contribution < 1.29 is 18.0 Å². The molecule has 0 aliphatic heterocycles. The lowest BCUT2D eigenvalue weighted by Gasteiger charge is -2.08. The van der Waals surface area contributed by atoms with Gasteiger partial charge in [0, 0.05) is 18.7 Å². The van der Waals surface area contributed by atoms with Crippen molar-refractivity contribution in [2.45, 2.75) is 25.4 Å². The van der Waals surface area contributed by atoms with Crippen molar-refractivity contribution in [3.63, 3.8) is 0 Å². The van der Waals surface area contributed by atoms with E-state index >= 15 is 0 Å². The highest BCUT2D eigenvalue weighted by atomic mass is 19.4. The van der Waals surface area contributed by atoms with Crippen LogP contribution in [0, 0.1) is 0 Å². The van der Waals surface area contributed by atoms with Crippen LogP contribution in [0.2, 0.25) is 0 Å². The second kappa shape index (κ2) is 7.66. The van der Waals surface area contributed by atoms with Crippen LogP contribution in [0.3, 0.4) is 0 Å². The maximum absolute atomic E-state index is 11.9. The van der Waals surface area contributed by atoms with E-state index in [0.29, 0.717) is 6.42 Å². The van der Waals surface area contributed by atoms with Crippen LogP contribution in [-0.4, -0.2) is 25.2 Å². The third-order valence-electron chi connectivity index (χ3n) is 2.44. The molecular formula is C13H17F3N2O. The van der Waals surface area contributed by atoms with Crippen LogP contribution in [-0.2, 0) is 4.79 Å². The van der Waals surface area contributed by atoms with Crippen LogP contribution in [0.4, 0.5) is 18.9 Å². The van der Waals surface area contributed by atoms with Gasteiger partial charge >= 0.3 is 6.18 Å². The average Bonchev–Trinajstić information content (AvgIpc) is 2.36. The highest BCUT2D eigenvalue weighted by Crippen LogP contribution is 2.21. The summed E-state index contributed by atoms with van der Waals surface area (Å²) < 4.78 is 35.6. The number of carbonyl (C=O) groups is 1. The number of para-hydroxylation sites is 1. The standard InChI is InChI=1S/C13H17F3N2O/c14-13(15,16)8-4-5-9-17-12(19)10-18-11-6-2-1-3-7-11/h1-3,6-7,18H,4-5,8-10H2,(H,17,19). The van der Waals surface area contributed by atoms with E-state index < -0.39 is 12.6 Å². The second-order valence-corrected chi connectivity index (χ2v) is 4.14. The van der Waals surface area contributed by atoms with Gasteiger partial charge in [-0.2, -0.15) is 13.2 Å². The molecule has 2 N–H and O–H groups in total. The largest absolute Gasteiger partial charge is 0.389 e. The number of anilines is 1. The molecule has 0 aliphatic rings. The third kappa shape index (κ3) is 8.07. The van der Waals surface area contributed by atoms with Crippen molar-refractivity contribution >= 4 is 11.6 Å². The van der Waals surface area contributed by atoms with Crippen LogP contribution in [0.5, 0.6) is 0 Å². The molecule has 1 amide bonds. The molecule has 0 fully saturated rings. The highest BCUT2D eigenvalue weighted by molar-refractivity contribution is 5.80. The summed E-state index contributed by atoms with van der Waals surface area (Å²) in [5.41, 5.74) is 0.828. The molecule has 19 heavy (non-hydrogen) atoms. The Kier molecular flexibility index (Phi) is 6.18. The molecule has 0 saturated heterocycles. The number of amides is 1. The predicted octanol–water partition coefficient (Wildman–Crippen LogP) is 2.95. The van der Waals surface area contributed by atoms with Crippen molar-refractivity contribution in [2.24, 2.45) is 0 Å². The van der Waals surface area contributed by atoms with Gasteiger partial charge in [-0.15, -0.1) is 0 Å². The molecule has 1 rings (SSSR count). The minimum absolute atomic E-state index is 0.0376. The molecule has 1 aromatic carbocycles. The van der Waals surface area contributed by atoms with E-state index in [1.165, 1.54) is 0 Å². The fraction of sp³-hybridized carbons (Fsp3) is 0.462. The lowest BCUT2D eigenvalue weighted by molar-refractivity contribution is -0.135. The van der Waals surface area contributed by atoms with Gasteiger partial charge in [-0.05, 0) is 25.0 Å². The van der Waals surface area contributed by atoms with Crippen LogP contribution >= 0.6 is 0 Å². The summed E-state index contributed by atoms with van der Waals surface area (Å²) in [5.74, 6) is -0.226. The summed E-state index contributed by atoms with van der Waals surface area (Å²) in [5, 5.41) is 5.49. The van der Waals surface area contributed by atoms with E-state index in [2.05, 4.69) is 10.6 Å². The van der Waals surface area contributed by atoms with E-state index in [9.17, 15) is 18.0 Å². The zero-order valence-electron chi connectivity index (χ0n) is 10.5. The van der Waals surface area contributed by atoms with Crippen LogP contribution in [0.15, 0.2) is 30.3 Å². The molecule has 6 heteroatoms. The van der Waals surface area contributed by atoms with Gasteiger partial charge in [-0.25, -0.2) is 0 Å². The smallest absolute Gasteiger partial charge is 0.376 e. The molecule has 0 unspecified atom stereocenters. The topological polar surface area (TPSA) is 41.1 Å². The second-order valence-electron chi connectivity index (χ2n) is 4.14. The molecule has 0 atom stereocenters. The fourth-order valence-corrected chi connectivity index (χ4v) is 1.48. The Morgan fingerprint density at radius 1 is 1.11 bits per heavy atom. The first-order valence-electron chi connectivity index (χ1n) is 6.10. The molecule has 1 aromatic rings. The Hall–Kier alpha value is -1.72. The number of hydrogen-bond donors (Lipinski definition) is 2. The number of benzene rings is 1. The molecule has 0 bridgehead atoms. The molecule has 0 aromatic heterocycles. The zero-order valence-corrected chi connectivity index (χ0v) is 10.5. The minimum atomic E-state index is -4.11. The quantitative estimate of drug-likeness (QED) is 0.751. The van der Waals surface area contributed by atoms with Gasteiger partial charge in [0.15, 0.2) is 0 Å². The molecule has 0 aliphatic carbocycles. The number of nitrogens with one attached hydrogen (secondary N) is 2. The highest BCUT2D eigenvalue weighted by Gasteiger charge is 2.25. The molecule has 0 radical (unpaired) electrons. The molecule has 0 saturated carbocycles. The number of halogens is 3. The summed E-state index contributed by atoms with van der Waals surface area (Å²) in [7, 11) is 0. The fourth-order valence-electron chi connectivity index (χ4n) is 1.48. The van der Waals surface area contributed by atoms with Crippen molar-refractivity contribution in [1.29, 1.82) is 0 Å². The molecule has 0 heterocycles. The van der Waals surface area contributed by atoms with Gasteiger partial charge in [-0.3, -0.25) is 4.79 Å². The average molecular weight is 274 g/mol. The Labute approximate surface area is 110 Å². The number of rotatable bonds is 7. The first-order chi connectivity index (χ1) is 8.97. The van der Waals surface area contributed by atoms with Crippen molar-refractivity contribution in [2.75, 3.05) is 18.4 Å². The van der Waals surface area contributed by atoms with E-state index in [1.807, 2.05) is 30.3 Å². The van der Waals surface area contributed by atoms with E-state index in [-0.39, 0.29) is 25.4 Å². The van der Waals surface area contributed by atoms with Crippen LogP contribution in [0.25, 0.3) is 0 Å². The van der Waals surface area contributed by atoms with Crippen molar-refractivity contribution in [3.05, 3.63) is 30.3 Å². The monoisotopic (exact) mass is 274 g/mol. The minimum Gasteiger partial charge on any atom is -0.376 e. The van der Waals surface area contributed by atoms with Crippen molar-refractivity contribution in [1.82, 2.24) is 5.32 Å². The lowest BCUT2D eigenvalue weighted by atomic mass is 10.2. The predicted molar refractivity (Wildman–Crippen MR) is 67.8 cm³/mol. The Morgan fingerprint density at radius 3 is 2.42 bits per heavy atom. The van der Waals surface area contributed by atoms with E-state index in [4.69, 9.17) is 0 Å². The Bertz CT molecular complexity index is 379. The van der Waals surface area contributed by atoms with Crippen LogP contribution in [0.1, 0.15) is 19.3 Å². The number of unbranched alkanes of at least 4 members (excludes halogenated alkanes) is 1. The van der Waals surface area contributed by atoms with E-state index in [0.717, 1.165) is 5.69 Å². The maximum Gasteiger partial charge on any atom is 0.389 e. The third-order valence-corrected chi connectivity index (χ3v) is 2.44. The molecule has 106 valence electrons. The first kappa shape index (κ1) is 15.3. The van der Waals surface area contributed by atoms with Crippen LogP contribution < -0.4 is 10.6 Å². The zero-order chi connectivity index (χ0) is 14.1. The number of carbonyl (C=O) groups excluding carboxylic acids is 1. The van der Waals surface area contributed by atoms with Gasteiger partial charge in [0.25, 0.3) is 0 Å². The van der Waals surface area contributed by atoms with Gasteiger partial charge in [0.1, 0.15) is 0 Å². The normalized spacial score (nSPS) is 11.1. The van der Waals surface area contributed by atoms with Gasteiger partial charge < -0.3 is 10.6 Å². The maximum atomic E-state index is 11.9. The number of hydrogen-bond acceptors (Lipinski definition) is 2. The van der Waals surface area contributed by atoms with Gasteiger partial charge in [0.2, 0.25) is 5.91 Å². The first-order valence-corrected chi connectivity index (χ1v) is 6.10. The lowest BCUT2D eigenvalue weighted by Crippen LogP contribution is -2.30. The molecular weight excluding hydrogens is 257 g/mol. The summed E-state index contributed by atoms with van der Waals surface area (Å²) in [4.78, 5) is 11.4. The summed E-state index contributed by atoms with van der Waals surface area (Å²) in [6.45, 7) is 0.384. The van der Waals surface area contributed by atoms with Crippen molar-refractivity contribution in [3.8, 4) is 0 Å².